The number of hydrogen-bond donors (Lipinski definition) is 2. The van der Waals surface area contributed by atoms with Crippen LogP contribution in [-0.4, -0.2) is 19.9 Å². The Bertz CT molecular complexity index is 864. The maximum atomic E-state index is 4.61. The van der Waals surface area contributed by atoms with Crippen LogP contribution in [0.15, 0.2) is 30.3 Å². The van der Waals surface area contributed by atoms with Gasteiger partial charge in [0.2, 0.25) is 5.82 Å². The van der Waals surface area contributed by atoms with Crippen molar-refractivity contribution in [3.8, 4) is 11.4 Å². The third kappa shape index (κ3) is 1.67. The number of pyridine rings is 1. The molecule has 3 heterocycles. The normalized spacial score (nSPS) is 11.5. The van der Waals surface area contributed by atoms with Gasteiger partial charge < -0.3 is 9.97 Å². The van der Waals surface area contributed by atoms with E-state index in [1.807, 2.05) is 13.0 Å². The average molecular weight is 264 g/mol. The molecular weight excluding hydrogens is 250 g/mol. The number of nitrogens with one attached hydrogen (secondary N) is 3. The summed E-state index contributed by atoms with van der Waals surface area (Å²) in [5.74, 6) is 1.75. The van der Waals surface area contributed by atoms with E-state index >= 15 is 0 Å². The van der Waals surface area contributed by atoms with Gasteiger partial charge in [-0.15, -0.1) is 0 Å². The van der Waals surface area contributed by atoms with Gasteiger partial charge in [0.25, 0.3) is 11.3 Å². The van der Waals surface area contributed by atoms with E-state index in [0.717, 1.165) is 39.5 Å². The minimum atomic E-state index is 0.819. The molecule has 0 saturated carbocycles. The van der Waals surface area contributed by atoms with Gasteiger partial charge in [-0.2, -0.15) is 0 Å². The molecule has 1 aromatic carbocycles. The largest absolute Gasteiger partial charge is 0.325 e. The molecule has 0 spiro atoms. The highest BCUT2D eigenvalue weighted by molar-refractivity contribution is 5.82. The summed E-state index contributed by atoms with van der Waals surface area (Å²) < 4.78 is 0. The van der Waals surface area contributed by atoms with Gasteiger partial charge in [-0.25, -0.2) is 4.98 Å². The lowest BCUT2D eigenvalue weighted by Gasteiger charge is -1.94. The molecule has 4 aromatic rings. The fourth-order valence-corrected chi connectivity index (χ4v) is 2.40. The summed E-state index contributed by atoms with van der Waals surface area (Å²) in [4.78, 5) is 18.8. The molecule has 0 amide bonds. The van der Waals surface area contributed by atoms with Gasteiger partial charge in [-0.05, 0) is 25.1 Å². The second-order valence-electron chi connectivity index (χ2n) is 5.07. The molecule has 98 valence electrons. The third-order valence-corrected chi connectivity index (χ3v) is 3.43. The highest BCUT2D eigenvalue weighted by atomic mass is 15.0. The van der Waals surface area contributed by atoms with E-state index in [2.05, 4.69) is 56.1 Å². The monoisotopic (exact) mass is 264 g/mol. The van der Waals surface area contributed by atoms with Gasteiger partial charge in [0.15, 0.2) is 5.82 Å². The van der Waals surface area contributed by atoms with Crippen molar-refractivity contribution in [1.29, 1.82) is 0 Å². The van der Waals surface area contributed by atoms with Crippen molar-refractivity contribution in [2.75, 3.05) is 0 Å². The van der Waals surface area contributed by atoms with Crippen molar-refractivity contribution in [3.05, 3.63) is 41.7 Å². The Hall–Kier alpha value is -2.69. The van der Waals surface area contributed by atoms with Crippen LogP contribution in [0.5, 0.6) is 0 Å². The van der Waals surface area contributed by atoms with Crippen LogP contribution in [0.2, 0.25) is 0 Å². The number of benzene rings is 1. The summed E-state index contributed by atoms with van der Waals surface area (Å²) in [5.41, 5.74) is 5.92. The molecule has 0 aliphatic heterocycles. The molecule has 0 radical (unpaired) electrons. The molecule has 0 atom stereocenters. The first-order valence-electron chi connectivity index (χ1n) is 6.54. The van der Waals surface area contributed by atoms with E-state index in [9.17, 15) is 0 Å². The molecule has 4 rings (SSSR count). The Morgan fingerprint density at radius 2 is 1.60 bits per heavy atom. The quantitative estimate of drug-likeness (QED) is 0.554. The molecule has 0 bridgehead atoms. The predicted molar refractivity (Wildman–Crippen MR) is 77.2 cm³/mol. The molecule has 20 heavy (non-hydrogen) atoms. The first-order valence-corrected chi connectivity index (χ1v) is 6.54. The molecule has 5 heteroatoms. The molecule has 3 N–H and O–H groups in total. The van der Waals surface area contributed by atoms with Gasteiger partial charge in [0.1, 0.15) is 11.0 Å². The number of aromatic amines is 3. The molecule has 3 aromatic heterocycles. The topological polar surface area (TPSA) is 71.5 Å². The number of fused-ring (bicyclic) bond motifs is 2. The van der Waals surface area contributed by atoms with Crippen LogP contribution in [0, 0.1) is 13.8 Å². The molecule has 0 saturated heterocycles. The lowest BCUT2D eigenvalue weighted by molar-refractivity contribution is -0.316. The zero-order valence-electron chi connectivity index (χ0n) is 11.3. The third-order valence-electron chi connectivity index (χ3n) is 3.43. The van der Waals surface area contributed by atoms with E-state index in [0.29, 0.717) is 0 Å². The van der Waals surface area contributed by atoms with E-state index in [4.69, 9.17) is 0 Å². The Morgan fingerprint density at radius 3 is 2.40 bits per heavy atom. The first kappa shape index (κ1) is 11.2. The number of hydrogen-bond acceptors (Lipinski definition) is 2. The summed E-state index contributed by atoms with van der Waals surface area (Å²) in [5, 5.41) is 0. The van der Waals surface area contributed by atoms with Crippen LogP contribution in [0.25, 0.3) is 33.7 Å². The lowest BCUT2D eigenvalue weighted by atomic mass is 10.1. The van der Waals surface area contributed by atoms with E-state index in [-0.39, 0.29) is 0 Å². The first-order chi connectivity index (χ1) is 9.69. The van der Waals surface area contributed by atoms with E-state index in [1.165, 1.54) is 5.56 Å². The molecule has 0 aliphatic carbocycles. The molecule has 0 unspecified atom stereocenters. The molecular formula is C15H14N5+. The van der Waals surface area contributed by atoms with Gasteiger partial charge >= 0.3 is 0 Å². The van der Waals surface area contributed by atoms with Crippen molar-refractivity contribution in [3.63, 3.8) is 0 Å². The summed E-state index contributed by atoms with van der Waals surface area (Å²) in [6.45, 7) is 4.01. The van der Waals surface area contributed by atoms with Crippen LogP contribution < -0.4 is 4.98 Å². The maximum absolute atomic E-state index is 4.61. The van der Waals surface area contributed by atoms with Crippen LogP contribution in [-0.2, 0) is 0 Å². The fourth-order valence-electron chi connectivity index (χ4n) is 2.40. The second-order valence-corrected chi connectivity index (χ2v) is 5.07. The van der Waals surface area contributed by atoms with Crippen molar-refractivity contribution in [2.24, 2.45) is 0 Å². The number of nitrogens with zero attached hydrogens (tertiary/aromatic N) is 2. The standard InChI is InChI=1S/C15H13N5/c1-8-3-5-10(6-4-8)13-18-12-7-11-14(17-9(2)16-11)20-15(12)19-13/h3-7H,1-2H3,(H2,16,17,18,19,20)/p+1. The number of H-pyrrole nitrogens is 3. The zero-order chi connectivity index (χ0) is 13.7. The Labute approximate surface area is 115 Å². The van der Waals surface area contributed by atoms with Gasteiger partial charge in [-0.1, -0.05) is 27.7 Å². The summed E-state index contributed by atoms with van der Waals surface area (Å²) in [6.07, 6.45) is 0. The maximum Gasteiger partial charge on any atom is 0.286 e. The Kier molecular flexibility index (Phi) is 2.18. The minimum Gasteiger partial charge on any atom is -0.325 e. The van der Waals surface area contributed by atoms with Gasteiger partial charge in [-0.3, -0.25) is 0 Å². The van der Waals surface area contributed by atoms with Gasteiger partial charge in [0, 0.05) is 12.5 Å². The van der Waals surface area contributed by atoms with Crippen molar-refractivity contribution in [2.45, 2.75) is 13.8 Å². The summed E-state index contributed by atoms with van der Waals surface area (Å²) in [7, 11) is 0. The van der Waals surface area contributed by atoms with Crippen molar-refractivity contribution < 1.29 is 4.98 Å². The van der Waals surface area contributed by atoms with Gasteiger partial charge in [0.05, 0.1) is 0 Å². The van der Waals surface area contributed by atoms with E-state index in [1.54, 1.807) is 0 Å². The Morgan fingerprint density at radius 1 is 0.900 bits per heavy atom. The second kappa shape index (κ2) is 3.90. The molecule has 5 nitrogen and oxygen atoms in total. The zero-order valence-corrected chi connectivity index (χ0v) is 11.3. The van der Waals surface area contributed by atoms with Crippen LogP contribution in [0.4, 0.5) is 0 Å². The Balaban J connectivity index is 1.91. The smallest absolute Gasteiger partial charge is 0.286 e. The van der Waals surface area contributed by atoms with Crippen molar-refractivity contribution >= 4 is 22.3 Å². The lowest BCUT2D eigenvalue weighted by Crippen LogP contribution is -2.05. The SMILES string of the molecule is Cc1ccc(-c2nc3[nH+]c4nc(C)[nH]c4cc3[nH]2)cc1. The minimum absolute atomic E-state index is 0.819. The number of imidazole rings is 2. The average Bonchev–Trinajstić information content (AvgIpc) is 2.97. The highest BCUT2D eigenvalue weighted by Crippen LogP contribution is 2.20. The van der Waals surface area contributed by atoms with Crippen LogP contribution in [0.1, 0.15) is 11.4 Å². The number of aryl methyl sites for hydroxylation is 2. The number of rotatable bonds is 1. The van der Waals surface area contributed by atoms with E-state index < -0.39 is 0 Å². The summed E-state index contributed by atoms with van der Waals surface area (Å²) in [6, 6.07) is 10.3. The van der Waals surface area contributed by atoms with Crippen LogP contribution in [0.3, 0.4) is 0 Å². The summed E-state index contributed by atoms with van der Waals surface area (Å²) >= 11 is 0. The van der Waals surface area contributed by atoms with Crippen LogP contribution >= 0.6 is 0 Å². The number of aromatic nitrogens is 5. The van der Waals surface area contributed by atoms with Crippen molar-refractivity contribution in [1.82, 2.24) is 19.9 Å². The fraction of sp³-hybridized carbons (Fsp3) is 0.133. The highest BCUT2D eigenvalue weighted by Gasteiger charge is 2.15. The molecule has 0 aliphatic rings. The molecule has 0 fully saturated rings. The predicted octanol–water partition coefficient (Wildman–Crippen LogP) is 2.54.